The van der Waals surface area contributed by atoms with Crippen LogP contribution in [0, 0.1) is 6.92 Å². The van der Waals surface area contributed by atoms with Gasteiger partial charge in [-0.25, -0.2) is 4.98 Å². The second kappa shape index (κ2) is 4.61. The maximum absolute atomic E-state index is 11.8. The largest absolute Gasteiger partial charge is 0.295 e. The van der Waals surface area contributed by atoms with Crippen LogP contribution in [0.4, 0.5) is 0 Å². The molecule has 0 unspecified atom stereocenters. The number of benzene rings is 1. The lowest BCUT2D eigenvalue weighted by Crippen LogP contribution is -2.22. The smallest absolute Gasteiger partial charge is 0.256 e. The molecule has 0 bridgehead atoms. The van der Waals surface area contributed by atoms with Gasteiger partial charge in [-0.05, 0) is 24.6 Å². The van der Waals surface area contributed by atoms with Crippen molar-refractivity contribution >= 4 is 15.9 Å². The Morgan fingerprint density at radius 3 is 3.00 bits per heavy atom. The predicted octanol–water partition coefficient (Wildman–Crippen LogP) is 2.36. The Morgan fingerprint density at radius 2 is 2.25 bits per heavy atom. The highest BCUT2D eigenvalue weighted by Gasteiger charge is 2.00. The highest BCUT2D eigenvalue weighted by atomic mass is 79.9. The summed E-state index contributed by atoms with van der Waals surface area (Å²) in [5, 5.41) is 0. The van der Waals surface area contributed by atoms with E-state index in [2.05, 4.69) is 20.9 Å². The van der Waals surface area contributed by atoms with Crippen molar-refractivity contribution < 1.29 is 0 Å². The molecule has 3 nitrogen and oxygen atoms in total. The fourth-order valence-electron chi connectivity index (χ4n) is 1.50. The predicted molar refractivity (Wildman–Crippen MR) is 66.5 cm³/mol. The van der Waals surface area contributed by atoms with Gasteiger partial charge in [-0.15, -0.1) is 0 Å². The molecule has 16 heavy (non-hydrogen) atoms. The molecule has 0 aliphatic rings. The summed E-state index contributed by atoms with van der Waals surface area (Å²) in [5.41, 5.74) is 1.75. The molecule has 0 N–H and O–H groups in total. The molecule has 0 spiro atoms. The fourth-order valence-corrected chi connectivity index (χ4v) is 1.95. The SMILES string of the molecule is Cc1cncn(Cc2cccc(Br)c2)c1=O. The van der Waals surface area contributed by atoms with Gasteiger partial charge >= 0.3 is 0 Å². The number of aromatic nitrogens is 2. The molecule has 4 heteroatoms. The van der Waals surface area contributed by atoms with Crippen molar-refractivity contribution in [2.75, 3.05) is 0 Å². The third-order valence-corrected chi connectivity index (χ3v) is 2.81. The summed E-state index contributed by atoms with van der Waals surface area (Å²) in [6.45, 7) is 2.32. The molecule has 0 radical (unpaired) electrons. The highest BCUT2D eigenvalue weighted by Crippen LogP contribution is 2.12. The van der Waals surface area contributed by atoms with E-state index in [4.69, 9.17) is 0 Å². The van der Waals surface area contributed by atoms with Crippen molar-refractivity contribution in [1.29, 1.82) is 0 Å². The summed E-state index contributed by atoms with van der Waals surface area (Å²) in [5.74, 6) is 0. The van der Waals surface area contributed by atoms with Crippen LogP contribution in [-0.4, -0.2) is 9.55 Å². The van der Waals surface area contributed by atoms with Crippen LogP contribution < -0.4 is 5.56 Å². The topological polar surface area (TPSA) is 34.9 Å². The number of halogens is 1. The van der Waals surface area contributed by atoms with E-state index in [1.807, 2.05) is 24.3 Å². The van der Waals surface area contributed by atoms with E-state index >= 15 is 0 Å². The van der Waals surface area contributed by atoms with Gasteiger partial charge in [0.25, 0.3) is 5.56 Å². The molecule has 1 aromatic carbocycles. The Hall–Kier alpha value is -1.42. The number of hydrogen-bond acceptors (Lipinski definition) is 2. The van der Waals surface area contributed by atoms with Crippen molar-refractivity contribution in [2.24, 2.45) is 0 Å². The zero-order chi connectivity index (χ0) is 11.5. The molecule has 1 aromatic heterocycles. The number of hydrogen-bond donors (Lipinski definition) is 0. The molecule has 82 valence electrons. The van der Waals surface area contributed by atoms with Crippen LogP contribution in [0.1, 0.15) is 11.1 Å². The molecule has 0 saturated carbocycles. The molecule has 0 aliphatic carbocycles. The molecule has 0 saturated heterocycles. The van der Waals surface area contributed by atoms with Gasteiger partial charge in [0.05, 0.1) is 12.9 Å². The minimum atomic E-state index is 0.00924. The standard InChI is InChI=1S/C12H11BrN2O/c1-9-6-14-8-15(12(9)16)7-10-3-2-4-11(13)5-10/h2-6,8H,7H2,1H3. The summed E-state index contributed by atoms with van der Waals surface area (Å²) in [4.78, 5) is 15.8. The Bertz CT molecular complexity index is 563. The van der Waals surface area contributed by atoms with Gasteiger partial charge in [0.15, 0.2) is 0 Å². The summed E-state index contributed by atoms with van der Waals surface area (Å²) in [6.07, 6.45) is 3.15. The van der Waals surface area contributed by atoms with E-state index < -0.39 is 0 Å². The number of aryl methyl sites for hydroxylation is 1. The van der Waals surface area contributed by atoms with Gasteiger partial charge in [-0.2, -0.15) is 0 Å². The first-order valence-electron chi connectivity index (χ1n) is 4.92. The third kappa shape index (κ3) is 2.39. The normalized spacial score (nSPS) is 10.4. The summed E-state index contributed by atoms with van der Waals surface area (Å²) in [7, 11) is 0. The van der Waals surface area contributed by atoms with Crippen LogP contribution in [0.25, 0.3) is 0 Å². The lowest BCUT2D eigenvalue weighted by molar-refractivity contribution is 0.728. The first kappa shape index (κ1) is 11.1. The van der Waals surface area contributed by atoms with E-state index in [-0.39, 0.29) is 5.56 Å². The molecule has 0 fully saturated rings. The quantitative estimate of drug-likeness (QED) is 0.845. The lowest BCUT2D eigenvalue weighted by Gasteiger charge is -2.06. The molecule has 0 atom stereocenters. The Labute approximate surface area is 102 Å². The average molecular weight is 279 g/mol. The molecule has 2 rings (SSSR count). The minimum absolute atomic E-state index is 0.00924. The van der Waals surface area contributed by atoms with Crippen molar-refractivity contribution in [1.82, 2.24) is 9.55 Å². The van der Waals surface area contributed by atoms with E-state index in [1.54, 1.807) is 24.0 Å². The van der Waals surface area contributed by atoms with E-state index in [1.165, 1.54) is 0 Å². The highest BCUT2D eigenvalue weighted by molar-refractivity contribution is 9.10. The summed E-state index contributed by atoms with van der Waals surface area (Å²) < 4.78 is 2.62. The Balaban J connectivity index is 2.34. The van der Waals surface area contributed by atoms with Crippen molar-refractivity contribution in [2.45, 2.75) is 13.5 Å². The first-order valence-corrected chi connectivity index (χ1v) is 5.71. The first-order chi connectivity index (χ1) is 7.66. The van der Waals surface area contributed by atoms with Gasteiger partial charge in [0, 0.05) is 16.2 Å². The number of nitrogens with zero attached hydrogens (tertiary/aromatic N) is 2. The third-order valence-electron chi connectivity index (χ3n) is 2.31. The maximum Gasteiger partial charge on any atom is 0.256 e. The molecule has 1 heterocycles. The van der Waals surface area contributed by atoms with Gasteiger partial charge in [0.1, 0.15) is 0 Å². The van der Waals surface area contributed by atoms with Crippen LogP contribution in [0.3, 0.4) is 0 Å². The van der Waals surface area contributed by atoms with Gasteiger partial charge in [-0.3, -0.25) is 9.36 Å². The molecular weight excluding hydrogens is 268 g/mol. The van der Waals surface area contributed by atoms with Crippen LogP contribution in [0.5, 0.6) is 0 Å². The number of rotatable bonds is 2. The monoisotopic (exact) mass is 278 g/mol. The van der Waals surface area contributed by atoms with Gasteiger partial charge < -0.3 is 0 Å². The van der Waals surface area contributed by atoms with Crippen LogP contribution in [0.15, 0.2) is 46.1 Å². The Kier molecular flexibility index (Phi) is 3.19. The van der Waals surface area contributed by atoms with E-state index in [9.17, 15) is 4.79 Å². The lowest BCUT2D eigenvalue weighted by atomic mass is 10.2. The molecule has 0 aliphatic heterocycles. The summed E-state index contributed by atoms with van der Waals surface area (Å²) in [6, 6.07) is 7.89. The van der Waals surface area contributed by atoms with Crippen molar-refractivity contribution in [3.63, 3.8) is 0 Å². The second-order valence-electron chi connectivity index (χ2n) is 3.64. The van der Waals surface area contributed by atoms with E-state index in [0.29, 0.717) is 12.1 Å². The molecule has 2 aromatic rings. The fraction of sp³-hybridized carbons (Fsp3) is 0.167. The van der Waals surface area contributed by atoms with Crippen molar-refractivity contribution in [3.8, 4) is 0 Å². The van der Waals surface area contributed by atoms with Gasteiger partial charge in [-0.1, -0.05) is 28.1 Å². The molecule has 0 amide bonds. The summed E-state index contributed by atoms with van der Waals surface area (Å²) >= 11 is 3.41. The minimum Gasteiger partial charge on any atom is -0.295 e. The van der Waals surface area contributed by atoms with Crippen LogP contribution in [0.2, 0.25) is 0 Å². The molecular formula is C12H11BrN2O. The van der Waals surface area contributed by atoms with Crippen molar-refractivity contribution in [3.05, 3.63) is 62.7 Å². The zero-order valence-corrected chi connectivity index (χ0v) is 10.4. The Morgan fingerprint density at radius 1 is 1.44 bits per heavy atom. The average Bonchev–Trinajstić information content (AvgIpc) is 2.25. The zero-order valence-electron chi connectivity index (χ0n) is 8.85. The van der Waals surface area contributed by atoms with Crippen LogP contribution >= 0.6 is 15.9 Å². The second-order valence-corrected chi connectivity index (χ2v) is 4.56. The van der Waals surface area contributed by atoms with E-state index in [0.717, 1.165) is 10.0 Å². The maximum atomic E-state index is 11.8. The van der Waals surface area contributed by atoms with Crippen LogP contribution in [-0.2, 0) is 6.54 Å². The van der Waals surface area contributed by atoms with Gasteiger partial charge in [0.2, 0.25) is 0 Å².